The Labute approximate surface area is 319 Å². The number of aromatic hydroxyl groups is 1. The van der Waals surface area contributed by atoms with Gasteiger partial charge in [0.15, 0.2) is 11.9 Å². The number of rotatable bonds is 7. The normalized spacial score (nSPS) is 33.7. The minimum absolute atomic E-state index is 0.0416. The second-order valence-corrected chi connectivity index (χ2v) is 17.1. The summed E-state index contributed by atoms with van der Waals surface area (Å²) < 4.78 is 23.3. The molecule has 2 saturated carbocycles. The molecule has 1 aliphatic heterocycles. The van der Waals surface area contributed by atoms with Crippen molar-refractivity contribution < 1.29 is 63.7 Å². The van der Waals surface area contributed by atoms with E-state index >= 15 is 0 Å². The molecule has 4 aliphatic rings. The number of ether oxygens (including phenoxy) is 4. The Hall–Kier alpha value is -4.34. The average Bonchev–Trinajstić information content (AvgIpc) is 3.10. The molecule has 6 N–H and O–H groups in total. The van der Waals surface area contributed by atoms with E-state index in [0.717, 1.165) is 0 Å². The summed E-state index contributed by atoms with van der Waals surface area (Å²) in [5.41, 5.74) is -7.28. The van der Waals surface area contributed by atoms with Gasteiger partial charge in [0.1, 0.15) is 40.9 Å². The van der Waals surface area contributed by atoms with Crippen molar-refractivity contribution in [2.24, 2.45) is 16.7 Å². The van der Waals surface area contributed by atoms with Gasteiger partial charge in [0.05, 0.1) is 24.3 Å². The lowest BCUT2D eigenvalue weighted by Crippen LogP contribution is -2.78. The number of esters is 2. The van der Waals surface area contributed by atoms with Crippen LogP contribution >= 0.6 is 0 Å². The first kappa shape index (κ1) is 40.3. The van der Waals surface area contributed by atoms with E-state index in [2.05, 4.69) is 5.32 Å². The molecule has 9 unspecified atom stereocenters. The number of phenolic OH excluding ortho intramolecular Hbond substituents is 1. The Bertz CT molecular complexity index is 1870. The van der Waals surface area contributed by atoms with Gasteiger partial charge >= 0.3 is 18.0 Å². The van der Waals surface area contributed by atoms with E-state index in [4.69, 9.17) is 18.9 Å². The second-order valence-electron chi connectivity index (χ2n) is 17.1. The summed E-state index contributed by atoms with van der Waals surface area (Å²) in [6, 6.07) is 12.0. The van der Waals surface area contributed by atoms with Gasteiger partial charge in [-0.25, -0.2) is 14.4 Å². The van der Waals surface area contributed by atoms with Crippen molar-refractivity contribution in [1.82, 2.24) is 5.32 Å². The molecule has 14 nitrogen and oxygen atoms in total. The molecule has 0 spiro atoms. The Balaban J connectivity index is 1.43. The first-order chi connectivity index (χ1) is 25.5. The van der Waals surface area contributed by atoms with Crippen LogP contribution in [0.2, 0.25) is 0 Å². The van der Waals surface area contributed by atoms with Gasteiger partial charge in [-0.05, 0) is 81.5 Å². The SMILES string of the molecule is CC1=C2C(O)C(=O)[C@]3(C)CCC4OCC4(O)C3C(OC(=O)c3ccccc3)C(O)(CC1OC(=O)C(O)C(NC(=O)OC(C)(C)C)c1ccc(O)cc1)C2(C)C. The number of benzene rings is 2. The van der Waals surface area contributed by atoms with Crippen LogP contribution in [0.1, 0.15) is 89.7 Å². The van der Waals surface area contributed by atoms with Crippen molar-refractivity contribution in [3.05, 3.63) is 76.9 Å². The number of hydrogen-bond donors (Lipinski definition) is 6. The number of amides is 1. The van der Waals surface area contributed by atoms with Crippen molar-refractivity contribution in [3.8, 4) is 5.75 Å². The van der Waals surface area contributed by atoms with Crippen molar-refractivity contribution in [2.75, 3.05) is 6.61 Å². The molecule has 1 amide bonds. The maximum absolute atomic E-state index is 14.6. The van der Waals surface area contributed by atoms with E-state index in [1.807, 2.05) is 0 Å². The van der Waals surface area contributed by atoms with Crippen LogP contribution in [0.3, 0.4) is 0 Å². The second kappa shape index (κ2) is 14.0. The molecule has 6 rings (SSSR count). The first-order valence-electron chi connectivity index (χ1n) is 18.5. The van der Waals surface area contributed by atoms with Crippen LogP contribution in [0.5, 0.6) is 5.75 Å². The molecule has 14 heteroatoms. The third-order valence-corrected chi connectivity index (χ3v) is 12.2. The Morgan fingerprint density at radius 3 is 2.20 bits per heavy atom. The summed E-state index contributed by atoms with van der Waals surface area (Å²) in [5.74, 6) is -4.12. The fourth-order valence-corrected chi connectivity index (χ4v) is 9.20. The van der Waals surface area contributed by atoms with E-state index in [-0.39, 0.29) is 47.5 Å². The van der Waals surface area contributed by atoms with Gasteiger partial charge in [0.2, 0.25) is 0 Å². The zero-order chi connectivity index (χ0) is 40.5. The minimum atomic E-state index is -2.21. The van der Waals surface area contributed by atoms with E-state index in [1.54, 1.807) is 66.7 Å². The van der Waals surface area contributed by atoms with Gasteiger partial charge < -0.3 is 49.8 Å². The summed E-state index contributed by atoms with van der Waals surface area (Å²) in [6.07, 6.45) is -8.63. The summed E-state index contributed by atoms with van der Waals surface area (Å²) in [4.78, 5) is 55.4. The Kier molecular flexibility index (Phi) is 10.3. The molecule has 3 fully saturated rings. The van der Waals surface area contributed by atoms with Crippen LogP contribution in [-0.4, -0.2) is 103 Å². The highest BCUT2D eigenvalue weighted by Crippen LogP contribution is 2.63. The van der Waals surface area contributed by atoms with Gasteiger partial charge in [-0.1, -0.05) is 51.1 Å². The maximum Gasteiger partial charge on any atom is 0.408 e. The van der Waals surface area contributed by atoms with Crippen LogP contribution in [0, 0.1) is 16.7 Å². The molecule has 3 aliphatic carbocycles. The van der Waals surface area contributed by atoms with Crippen molar-refractivity contribution in [2.45, 2.75) is 121 Å². The largest absolute Gasteiger partial charge is 0.508 e. The van der Waals surface area contributed by atoms with E-state index < -0.39 is 100 Å². The molecule has 2 bridgehead atoms. The lowest BCUT2D eigenvalue weighted by atomic mass is 9.45. The van der Waals surface area contributed by atoms with Crippen LogP contribution in [0.15, 0.2) is 65.7 Å². The first-order valence-corrected chi connectivity index (χ1v) is 18.5. The maximum atomic E-state index is 14.6. The third-order valence-electron chi connectivity index (χ3n) is 12.2. The monoisotopic (exact) mass is 765 g/mol. The van der Waals surface area contributed by atoms with Crippen molar-refractivity contribution in [3.63, 3.8) is 0 Å². The number of carbonyl (C=O) groups excluding carboxylic acids is 4. The topological polar surface area (TPSA) is 218 Å². The number of carbonyl (C=O) groups is 4. The number of alkyl carbamates (subject to hydrolysis) is 1. The number of hydrogen-bond acceptors (Lipinski definition) is 13. The highest BCUT2D eigenvalue weighted by atomic mass is 16.6. The lowest BCUT2D eigenvalue weighted by Gasteiger charge is -2.66. The molecule has 1 heterocycles. The molecular formula is C41H51NO13. The van der Waals surface area contributed by atoms with Gasteiger partial charge in [-0.3, -0.25) is 4.79 Å². The average molecular weight is 766 g/mol. The molecule has 2 aromatic rings. The number of phenols is 1. The highest BCUT2D eigenvalue weighted by molar-refractivity contribution is 5.93. The summed E-state index contributed by atoms with van der Waals surface area (Å²) in [7, 11) is 0. The molecule has 1 saturated heterocycles. The zero-order valence-electron chi connectivity index (χ0n) is 32.1. The standard InChI is InChI=1S/C41H51NO13/c1-21-25(53-35(48)30(45)28(22-13-15-24(43)16-14-22)42-36(49)55-37(2,3)4)19-41(51)33(54-34(47)23-11-9-8-10-12-23)31-39(7,18-17-26-40(31,50)20-52-26)32(46)29(44)27(21)38(41,5)6/h8-16,25-26,28-31,33,43-45,50-51H,17-20H2,1-7H3,(H,42,49)/t25?,26?,28?,29?,30?,31?,33?,39-,40?,41?/m1/s1. The van der Waals surface area contributed by atoms with Crippen LogP contribution in [-0.2, 0) is 28.5 Å². The highest BCUT2D eigenvalue weighted by Gasteiger charge is 2.74. The molecule has 298 valence electrons. The minimum Gasteiger partial charge on any atom is -0.508 e. The van der Waals surface area contributed by atoms with Crippen molar-refractivity contribution in [1.29, 1.82) is 0 Å². The van der Waals surface area contributed by atoms with Crippen LogP contribution in [0.25, 0.3) is 0 Å². The van der Waals surface area contributed by atoms with Gasteiger partial charge in [0, 0.05) is 23.2 Å². The zero-order valence-corrected chi connectivity index (χ0v) is 32.1. The fourth-order valence-electron chi connectivity index (χ4n) is 9.20. The third kappa shape index (κ3) is 6.81. The lowest BCUT2D eigenvalue weighted by molar-refractivity contribution is -0.329. The molecule has 0 radical (unpaired) electrons. The Morgan fingerprint density at radius 1 is 0.982 bits per heavy atom. The number of aliphatic hydroxyl groups is 4. The van der Waals surface area contributed by atoms with Crippen molar-refractivity contribution >= 4 is 23.8 Å². The van der Waals surface area contributed by atoms with E-state index in [0.29, 0.717) is 0 Å². The number of Topliss-reactive ketones (excluding diaryl/α,β-unsaturated/α-hetero) is 1. The summed E-state index contributed by atoms with van der Waals surface area (Å²) in [5, 5.41) is 61.4. The molecule has 10 atom stereocenters. The number of aliphatic hydroxyl groups excluding tert-OH is 2. The Morgan fingerprint density at radius 2 is 1.62 bits per heavy atom. The van der Waals surface area contributed by atoms with Crippen LogP contribution in [0.4, 0.5) is 4.79 Å². The van der Waals surface area contributed by atoms with Gasteiger partial charge in [-0.2, -0.15) is 0 Å². The molecule has 2 aromatic carbocycles. The number of ketones is 1. The fraction of sp³-hybridized carbons (Fsp3) is 0.561. The number of fused-ring (bicyclic) bond motifs is 5. The smallest absolute Gasteiger partial charge is 0.408 e. The number of nitrogens with one attached hydrogen (secondary N) is 1. The predicted molar refractivity (Wildman–Crippen MR) is 194 cm³/mol. The molecule has 0 aromatic heterocycles. The molecular weight excluding hydrogens is 714 g/mol. The quantitative estimate of drug-likeness (QED) is 0.135. The van der Waals surface area contributed by atoms with E-state index in [9.17, 15) is 44.7 Å². The van der Waals surface area contributed by atoms with Gasteiger partial charge in [0.25, 0.3) is 0 Å². The van der Waals surface area contributed by atoms with Gasteiger partial charge in [-0.15, -0.1) is 0 Å². The van der Waals surface area contributed by atoms with Crippen LogP contribution < -0.4 is 5.32 Å². The van der Waals surface area contributed by atoms with E-state index in [1.165, 1.54) is 36.4 Å². The summed E-state index contributed by atoms with van der Waals surface area (Å²) in [6.45, 7) is 11.0. The predicted octanol–water partition coefficient (Wildman–Crippen LogP) is 3.42. The molecule has 55 heavy (non-hydrogen) atoms. The summed E-state index contributed by atoms with van der Waals surface area (Å²) >= 11 is 0.